The van der Waals surface area contributed by atoms with Gasteiger partial charge in [-0.25, -0.2) is 4.98 Å². The molecule has 1 heterocycles. The minimum Gasteiger partial charge on any atom is -0.406 e. The van der Waals surface area contributed by atoms with Crippen LogP contribution in [0.15, 0.2) is 36.5 Å². The number of nitrogens with zero attached hydrogens (tertiary/aromatic N) is 2. The zero-order valence-corrected chi connectivity index (χ0v) is 10.5. The summed E-state index contributed by atoms with van der Waals surface area (Å²) in [5.41, 5.74) is 6.53. The Morgan fingerprint density at radius 1 is 1.24 bits per heavy atom. The van der Waals surface area contributed by atoms with Gasteiger partial charge in [0.15, 0.2) is 0 Å². The lowest BCUT2D eigenvalue weighted by Gasteiger charge is -2.10. The van der Waals surface area contributed by atoms with Crippen molar-refractivity contribution < 1.29 is 17.9 Å². The second-order valence-corrected chi connectivity index (χ2v) is 3.97. The van der Waals surface area contributed by atoms with E-state index in [-0.39, 0.29) is 17.1 Å². The molecule has 5 nitrogen and oxygen atoms in total. The van der Waals surface area contributed by atoms with Crippen LogP contribution in [-0.4, -0.2) is 11.3 Å². The SMILES string of the molecule is N#Cc1cc(N)cnc1Nc1ccc(OC(F)(F)F)cc1. The Balaban J connectivity index is 2.16. The first-order chi connectivity index (χ1) is 9.87. The number of alkyl halides is 3. The fourth-order valence-corrected chi connectivity index (χ4v) is 1.54. The van der Waals surface area contributed by atoms with Crippen LogP contribution in [0, 0.1) is 11.3 Å². The van der Waals surface area contributed by atoms with Crippen LogP contribution >= 0.6 is 0 Å². The zero-order valence-electron chi connectivity index (χ0n) is 10.5. The largest absolute Gasteiger partial charge is 0.573 e. The molecule has 0 aliphatic heterocycles. The Morgan fingerprint density at radius 3 is 2.48 bits per heavy atom. The molecule has 0 saturated carbocycles. The van der Waals surface area contributed by atoms with Gasteiger partial charge >= 0.3 is 6.36 Å². The van der Waals surface area contributed by atoms with Gasteiger partial charge in [-0.2, -0.15) is 5.26 Å². The molecule has 0 amide bonds. The Morgan fingerprint density at radius 2 is 1.90 bits per heavy atom. The van der Waals surface area contributed by atoms with E-state index in [0.717, 1.165) is 12.1 Å². The van der Waals surface area contributed by atoms with E-state index in [4.69, 9.17) is 11.0 Å². The predicted molar refractivity (Wildman–Crippen MR) is 69.8 cm³/mol. The number of nitrogens with two attached hydrogens (primary N) is 1. The van der Waals surface area contributed by atoms with Gasteiger partial charge in [-0.1, -0.05) is 0 Å². The molecule has 0 spiro atoms. The highest BCUT2D eigenvalue weighted by Gasteiger charge is 2.30. The first kappa shape index (κ1) is 14.5. The molecule has 0 unspecified atom stereocenters. The lowest BCUT2D eigenvalue weighted by molar-refractivity contribution is -0.274. The van der Waals surface area contributed by atoms with E-state index >= 15 is 0 Å². The molecule has 3 N–H and O–H groups in total. The van der Waals surface area contributed by atoms with Crippen LogP contribution in [0.2, 0.25) is 0 Å². The van der Waals surface area contributed by atoms with E-state index in [1.54, 1.807) is 0 Å². The van der Waals surface area contributed by atoms with E-state index in [1.165, 1.54) is 24.4 Å². The van der Waals surface area contributed by atoms with Crippen molar-refractivity contribution in [3.8, 4) is 11.8 Å². The summed E-state index contributed by atoms with van der Waals surface area (Å²) < 4.78 is 39.8. The van der Waals surface area contributed by atoms with Crippen molar-refractivity contribution in [3.63, 3.8) is 0 Å². The van der Waals surface area contributed by atoms with Crippen molar-refractivity contribution >= 4 is 17.2 Å². The topological polar surface area (TPSA) is 84.0 Å². The molecular weight excluding hydrogens is 285 g/mol. The second kappa shape index (κ2) is 5.58. The first-order valence-corrected chi connectivity index (χ1v) is 5.66. The van der Waals surface area contributed by atoms with Gasteiger partial charge in [-0.05, 0) is 30.3 Å². The van der Waals surface area contributed by atoms with Gasteiger partial charge in [-0.15, -0.1) is 13.2 Å². The molecule has 108 valence electrons. The number of hydrogen-bond donors (Lipinski definition) is 2. The maximum Gasteiger partial charge on any atom is 0.573 e. The Kier molecular flexibility index (Phi) is 3.84. The highest BCUT2D eigenvalue weighted by atomic mass is 19.4. The number of aromatic nitrogens is 1. The summed E-state index contributed by atoms with van der Waals surface area (Å²) in [7, 11) is 0. The second-order valence-electron chi connectivity index (χ2n) is 3.97. The molecule has 0 saturated heterocycles. The van der Waals surface area contributed by atoms with Gasteiger partial charge in [0.25, 0.3) is 0 Å². The molecular formula is C13H9F3N4O. The van der Waals surface area contributed by atoms with E-state index < -0.39 is 6.36 Å². The van der Waals surface area contributed by atoms with Gasteiger partial charge in [0.05, 0.1) is 17.4 Å². The number of rotatable bonds is 3. The smallest absolute Gasteiger partial charge is 0.406 e. The summed E-state index contributed by atoms with van der Waals surface area (Å²) in [4.78, 5) is 3.96. The van der Waals surface area contributed by atoms with Crippen LogP contribution in [0.1, 0.15) is 5.56 Å². The number of nitrogen functional groups attached to an aromatic ring is 1. The molecule has 0 fully saturated rings. The van der Waals surface area contributed by atoms with Gasteiger partial charge in [0, 0.05) is 5.69 Å². The summed E-state index contributed by atoms with van der Waals surface area (Å²) in [6.07, 6.45) is -3.37. The Bertz CT molecular complexity index is 677. The van der Waals surface area contributed by atoms with Crippen LogP contribution in [-0.2, 0) is 0 Å². The third kappa shape index (κ3) is 4.01. The van der Waals surface area contributed by atoms with Crippen LogP contribution < -0.4 is 15.8 Å². The third-order valence-electron chi connectivity index (χ3n) is 2.38. The first-order valence-electron chi connectivity index (χ1n) is 5.66. The third-order valence-corrected chi connectivity index (χ3v) is 2.38. The van der Waals surface area contributed by atoms with E-state index in [2.05, 4.69) is 15.0 Å². The van der Waals surface area contributed by atoms with Crippen LogP contribution in [0.25, 0.3) is 0 Å². The normalized spacial score (nSPS) is 10.8. The number of nitrogens with one attached hydrogen (secondary N) is 1. The van der Waals surface area contributed by atoms with Gasteiger partial charge in [0.1, 0.15) is 17.6 Å². The Labute approximate surface area is 117 Å². The van der Waals surface area contributed by atoms with Gasteiger partial charge < -0.3 is 15.8 Å². The highest BCUT2D eigenvalue weighted by molar-refractivity contribution is 5.65. The molecule has 2 rings (SSSR count). The van der Waals surface area contributed by atoms with Crippen molar-refractivity contribution in [3.05, 3.63) is 42.1 Å². The molecule has 8 heteroatoms. The number of pyridine rings is 1. The van der Waals surface area contributed by atoms with E-state index in [0.29, 0.717) is 11.4 Å². The standard InChI is InChI=1S/C13H9F3N4O/c14-13(15,16)21-11-3-1-10(2-4-11)20-12-8(6-17)5-9(18)7-19-12/h1-5,7H,18H2,(H,19,20). The van der Waals surface area contributed by atoms with Crippen molar-refractivity contribution in [1.82, 2.24) is 4.98 Å². The van der Waals surface area contributed by atoms with E-state index in [1.807, 2.05) is 6.07 Å². The molecule has 1 aromatic heterocycles. The van der Waals surface area contributed by atoms with Gasteiger partial charge in [0.2, 0.25) is 0 Å². The summed E-state index contributed by atoms with van der Waals surface area (Å²) >= 11 is 0. The summed E-state index contributed by atoms with van der Waals surface area (Å²) in [5, 5.41) is 11.8. The fraction of sp³-hybridized carbons (Fsp3) is 0.0769. The maximum absolute atomic E-state index is 12.0. The summed E-state index contributed by atoms with van der Waals surface area (Å²) in [5.74, 6) is -0.0741. The maximum atomic E-state index is 12.0. The number of benzene rings is 1. The minimum atomic E-state index is -4.73. The number of ether oxygens (including phenoxy) is 1. The number of anilines is 3. The van der Waals surface area contributed by atoms with Crippen LogP contribution in [0.4, 0.5) is 30.4 Å². The number of hydrogen-bond acceptors (Lipinski definition) is 5. The molecule has 2 aromatic rings. The number of halogens is 3. The highest BCUT2D eigenvalue weighted by Crippen LogP contribution is 2.25. The molecule has 21 heavy (non-hydrogen) atoms. The van der Waals surface area contributed by atoms with Crippen molar-refractivity contribution in [2.75, 3.05) is 11.1 Å². The lowest BCUT2D eigenvalue weighted by atomic mass is 10.2. The zero-order chi connectivity index (χ0) is 15.5. The Hall–Kier alpha value is -2.95. The number of nitriles is 1. The summed E-state index contributed by atoms with van der Waals surface area (Å²) in [6.45, 7) is 0. The van der Waals surface area contributed by atoms with Crippen LogP contribution in [0.5, 0.6) is 5.75 Å². The van der Waals surface area contributed by atoms with Crippen molar-refractivity contribution in [1.29, 1.82) is 5.26 Å². The molecule has 1 aromatic carbocycles. The van der Waals surface area contributed by atoms with Crippen molar-refractivity contribution in [2.45, 2.75) is 6.36 Å². The summed E-state index contributed by atoms with van der Waals surface area (Å²) in [6, 6.07) is 8.42. The fourth-order valence-electron chi connectivity index (χ4n) is 1.54. The van der Waals surface area contributed by atoms with Gasteiger partial charge in [-0.3, -0.25) is 0 Å². The monoisotopic (exact) mass is 294 g/mol. The van der Waals surface area contributed by atoms with E-state index in [9.17, 15) is 13.2 Å². The molecule has 0 radical (unpaired) electrons. The molecule has 0 bridgehead atoms. The minimum absolute atomic E-state index is 0.227. The quantitative estimate of drug-likeness (QED) is 0.908. The lowest BCUT2D eigenvalue weighted by Crippen LogP contribution is -2.16. The molecule has 0 aliphatic carbocycles. The predicted octanol–water partition coefficient (Wildman–Crippen LogP) is 3.18. The average molecular weight is 294 g/mol. The van der Waals surface area contributed by atoms with Crippen LogP contribution in [0.3, 0.4) is 0 Å². The molecule has 0 aliphatic rings. The average Bonchev–Trinajstić information content (AvgIpc) is 2.41. The molecule has 0 atom stereocenters. The van der Waals surface area contributed by atoms with Crippen molar-refractivity contribution in [2.24, 2.45) is 0 Å².